The SMILES string of the molecule is CC(=O)N1CCc2c(sc(NC(=O)c3ccc(S(=O)(=O)N4CCCC(C)C4)cc3)c2C(N)=O)C1. The average Bonchev–Trinajstić information content (AvgIpc) is 3.16. The lowest BCUT2D eigenvalue weighted by atomic mass is 10.0. The van der Waals surface area contributed by atoms with Gasteiger partial charge in [-0.15, -0.1) is 11.3 Å². The summed E-state index contributed by atoms with van der Waals surface area (Å²) in [7, 11) is -3.62. The van der Waals surface area contributed by atoms with Crippen molar-refractivity contribution in [3.05, 3.63) is 45.8 Å². The van der Waals surface area contributed by atoms with Crippen LogP contribution in [0.5, 0.6) is 0 Å². The quantitative estimate of drug-likeness (QED) is 0.646. The molecule has 1 saturated heterocycles. The summed E-state index contributed by atoms with van der Waals surface area (Å²) in [6.45, 7) is 5.37. The Morgan fingerprint density at radius 2 is 1.85 bits per heavy atom. The maximum atomic E-state index is 13.0. The number of nitrogens with zero attached hydrogens (tertiary/aromatic N) is 2. The summed E-state index contributed by atoms with van der Waals surface area (Å²) >= 11 is 1.23. The molecule has 2 aliphatic heterocycles. The Bertz CT molecular complexity index is 1240. The molecule has 1 unspecified atom stereocenters. The van der Waals surface area contributed by atoms with E-state index in [1.807, 2.05) is 6.92 Å². The number of sulfonamides is 1. The summed E-state index contributed by atoms with van der Waals surface area (Å²) in [5.41, 5.74) is 6.91. The number of anilines is 1. The monoisotopic (exact) mass is 504 g/mol. The predicted octanol–water partition coefficient (Wildman–Crippen LogP) is 2.42. The standard InChI is InChI=1S/C23H28N4O5S2/c1-14-4-3-10-27(12-14)34(31,32)17-7-5-16(6-8-17)22(30)25-23-20(21(24)29)18-9-11-26(15(2)28)13-19(18)33-23/h5-8,14H,3-4,9-13H2,1-2H3,(H2,24,29)(H,25,30). The molecule has 34 heavy (non-hydrogen) atoms. The number of piperidine rings is 1. The first kappa shape index (κ1) is 24.4. The molecule has 3 heterocycles. The van der Waals surface area contributed by atoms with Crippen molar-refractivity contribution in [1.82, 2.24) is 9.21 Å². The molecule has 2 aliphatic rings. The summed E-state index contributed by atoms with van der Waals surface area (Å²) in [5.74, 6) is -0.854. The van der Waals surface area contributed by atoms with Crippen LogP contribution in [0.2, 0.25) is 0 Å². The van der Waals surface area contributed by atoms with Crippen molar-refractivity contribution in [3.8, 4) is 0 Å². The molecule has 1 atom stereocenters. The highest BCUT2D eigenvalue weighted by Crippen LogP contribution is 2.37. The zero-order valence-corrected chi connectivity index (χ0v) is 20.8. The summed E-state index contributed by atoms with van der Waals surface area (Å²) in [6.07, 6.45) is 2.33. The van der Waals surface area contributed by atoms with Gasteiger partial charge < -0.3 is 16.0 Å². The highest BCUT2D eigenvalue weighted by Gasteiger charge is 2.30. The van der Waals surface area contributed by atoms with E-state index in [0.29, 0.717) is 43.5 Å². The van der Waals surface area contributed by atoms with Crippen LogP contribution in [0.1, 0.15) is 57.8 Å². The van der Waals surface area contributed by atoms with E-state index in [4.69, 9.17) is 5.73 Å². The van der Waals surface area contributed by atoms with E-state index in [2.05, 4.69) is 5.32 Å². The second-order valence-electron chi connectivity index (χ2n) is 8.85. The fourth-order valence-corrected chi connectivity index (χ4v) is 7.35. The fourth-order valence-electron chi connectivity index (χ4n) is 4.49. The van der Waals surface area contributed by atoms with Crippen LogP contribution in [0.4, 0.5) is 5.00 Å². The Labute approximate surface area is 203 Å². The molecule has 0 radical (unpaired) electrons. The van der Waals surface area contributed by atoms with Crippen molar-refractivity contribution in [2.75, 3.05) is 25.0 Å². The van der Waals surface area contributed by atoms with Gasteiger partial charge in [-0.3, -0.25) is 14.4 Å². The Morgan fingerprint density at radius 1 is 1.15 bits per heavy atom. The Hall–Kier alpha value is -2.76. The molecule has 11 heteroatoms. The average molecular weight is 505 g/mol. The Kier molecular flexibility index (Phi) is 6.79. The van der Waals surface area contributed by atoms with Crippen LogP contribution in [0.3, 0.4) is 0 Å². The van der Waals surface area contributed by atoms with E-state index in [-0.39, 0.29) is 21.9 Å². The molecule has 9 nitrogen and oxygen atoms in total. The number of nitrogens with one attached hydrogen (secondary N) is 1. The summed E-state index contributed by atoms with van der Waals surface area (Å²) in [4.78, 5) is 39.4. The molecule has 1 aromatic heterocycles. The minimum atomic E-state index is -3.62. The largest absolute Gasteiger partial charge is 0.365 e. The highest BCUT2D eigenvalue weighted by molar-refractivity contribution is 7.89. The molecular formula is C23H28N4O5S2. The van der Waals surface area contributed by atoms with Crippen LogP contribution in [0.25, 0.3) is 0 Å². The van der Waals surface area contributed by atoms with Crippen LogP contribution in [-0.2, 0) is 27.8 Å². The first-order chi connectivity index (χ1) is 16.1. The molecular weight excluding hydrogens is 476 g/mol. The normalized spacial score (nSPS) is 18.9. The van der Waals surface area contributed by atoms with Gasteiger partial charge in [-0.1, -0.05) is 6.92 Å². The maximum Gasteiger partial charge on any atom is 0.256 e. The van der Waals surface area contributed by atoms with Gasteiger partial charge >= 0.3 is 0 Å². The first-order valence-corrected chi connectivity index (χ1v) is 13.4. The van der Waals surface area contributed by atoms with E-state index >= 15 is 0 Å². The number of benzene rings is 1. The highest BCUT2D eigenvalue weighted by atomic mass is 32.2. The molecule has 182 valence electrons. The number of nitrogens with two attached hydrogens (primary N) is 1. The topological polar surface area (TPSA) is 130 Å². The molecule has 1 aromatic carbocycles. The number of rotatable bonds is 5. The molecule has 2 aromatic rings. The van der Waals surface area contributed by atoms with E-state index in [0.717, 1.165) is 23.3 Å². The lowest BCUT2D eigenvalue weighted by Crippen LogP contribution is -2.39. The van der Waals surface area contributed by atoms with Gasteiger partial charge in [-0.25, -0.2) is 8.42 Å². The van der Waals surface area contributed by atoms with Gasteiger partial charge in [-0.2, -0.15) is 4.31 Å². The van der Waals surface area contributed by atoms with Crippen molar-refractivity contribution < 1.29 is 22.8 Å². The van der Waals surface area contributed by atoms with Crippen LogP contribution >= 0.6 is 11.3 Å². The summed E-state index contributed by atoms with van der Waals surface area (Å²) < 4.78 is 27.4. The van der Waals surface area contributed by atoms with E-state index in [9.17, 15) is 22.8 Å². The third-order valence-electron chi connectivity index (χ3n) is 6.35. The minimum absolute atomic E-state index is 0.0562. The van der Waals surface area contributed by atoms with Crippen LogP contribution in [0, 0.1) is 5.92 Å². The van der Waals surface area contributed by atoms with Gasteiger partial charge in [0.25, 0.3) is 11.8 Å². The predicted molar refractivity (Wildman–Crippen MR) is 129 cm³/mol. The van der Waals surface area contributed by atoms with Crippen LogP contribution in [0.15, 0.2) is 29.2 Å². The number of hydrogen-bond acceptors (Lipinski definition) is 6. The minimum Gasteiger partial charge on any atom is -0.365 e. The van der Waals surface area contributed by atoms with Crippen LogP contribution < -0.4 is 11.1 Å². The number of fused-ring (bicyclic) bond motifs is 1. The zero-order valence-electron chi connectivity index (χ0n) is 19.2. The molecule has 0 saturated carbocycles. The summed E-state index contributed by atoms with van der Waals surface area (Å²) in [6, 6.07) is 5.79. The van der Waals surface area contributed by atoms with E-state index in [1.54, 1.807) is 4.90 Å². The molecule has 1 fully saturated rings. The zero-order chi connectivity index (χ0) is 24.6. The number of carbonyl (C=O) groups is 3. The maximum absolute atomic E-state index is 13.0. The van der Waals surface area contributed by atoms with Crippen molar-refractivity contribution in [3.63, 3.8) is 0 Å². The molecule has 0 spiro atoms. The van der Waals surface area contributed by atoms with E-state index in [1.165, 1.54) is 46.8 Å². The van der Waals surface area contributed by atoms with Gasteiger partial charge in [0.15, 0.2) is 0 Å². The second kappa shape index (κ2) is 9.47. The van der Waals surface area contributed by atoms with Gasteiger partial charge in [0, 0.05) is 37.0 Å². The van der Waals surface area contributed by atoms with Crippen molar-refractivity contribution >= 4 is 44.1 Å². The molecule has 3 N–H and O–H groups in total. The lowest BCUT2D eigenvalue weighted by molar-refractivity contribution is -0.129. The van der Waals surface area contributed by atoms with Gasteiger partial charge in [0.1, 0.15) is 5.00 Å². The summed E-state index contributed by atoms with van der Waals surface area (Å²) in [5, 5.41) is 3.09. The lowest BCUT2D eigenvalue weighted by Gasteiger charge is -2.30. The molecule has 3 amide bonds. The smallest absolute Gasteiger partial charge is 0.256 e. The Morgan fingerprint density at radius 3 is 2.47 bits per heavy atom. The fraction of sp³-hybridized carbons (Fsp3) is 0.435. The second-order valence-corrected chi connectivity index (χ2v) is 11.9. The van der Waals surface area contributed by atoms with Gasteiger partial charge in [0.05, 0.1) is 17.0 Å². The number of thiophene rings is 1. The van der Waals surface area contributed by atoms with E-state index < -0.39 is 21.8 Å². The molecule has 0 bridgehead atoms. The Balaban J connectivity index is 1.53. The van der Waals surface area contributed by atoms with Crippen molar-refractivity contribution in [2.24, 2.45) is 11.7 Å². The number of carbonyl (C=O) groups excluding carboxylic acids is 3. The van der Waals surface area contributed by atoms with Crippen molar-refractivity contribution in [1.29, 1.82) is 0 Å². The van der Waals surface area contributed by atoms with Gasteiger partial charge in [-0.05, 0) is 55.0 Å². The van der Waals surface area contributed by atoms with Crippen molar-refractivity contribution in [2.45, 2.75) is 44.6 Å². The number of hydrogen-bond donors (Lipinski definition) is 2. The third kappa shape index (κ3) is 4.73. The first-order valence-electron chi connectivity index (χ1n) is 11.2. The van der Waals surface area contributed by atoms with Gasteiger partial charge in [0.2, 0.25) is 15.9 Å². The molecule has 4 rings (SSSR count). The third-order valence-corrected chi connectivity index (χ3v) is 9.36. The number of primary amides is 1. The number of amides is 3. The van der Waals surface area contributed by atoms with Crippen LogP contribution in [-0.4, -0.2) is 55.0 Å². The molecule has 0 aliphatic carbocycles.